The summed E-state index contributed by atoms with van der Waals surface area (Å²) in [5, 5.41) is 5.00. The van der Waals surface area contributed by atoms with E-state index in [4.69, 9.17) is 10.5 Å². The van der Waals surface area contributed by atoms with Gasteiger partial charge in [0.25, 0.3) is 11.8 Å². The minimum absolute atomic E-state index is 0.123. The number of amides is 2. The van der Waals surface area contributed by atoms with Crippen molar-refractivity contribution in [1.82, 2.24) is 0 Å². The maximum Gasteiger partial charge on any atom is 0.341 e. The van der Waals surface area contributed by atoms with Crippen LogP contribution in [0.2, 0.25) is 0 Å². The monoisotopic (exact) mass is 418 g/mol. The Bertz CT molecular complexity index is 878. The van der Waals surface area contributed by atoms with Gasteiger partial charge in [-0.3, -0.25) is 9.59 Å². The Morgan fingerprint density at radius 3 is 2.41 bits per heavy atom. The quantitative estimate of drug-likeness (QED) is 0.542. The molecule has 29 heavy (non-hydrogen) atoms. The van der Waals surface area contributed by atoms with Gasteiger partial charge in [0.15, 0.2) is 6.54 Å². The fraction of sp³-hybridized carbons (Fsp3) is 0.381. The lowest BCUT2D eigenvalue weighted by atomic mass is 9.96. The van der Waals surface area contributed by atoms with Crippen LogP contribution in [-0.2, 0) is 9.53 Å². The normalized spacial score (nSPS) is 11.9. The molecule has 0 aliphatic heterocycles. The smallest absolute Gasteiger partial charge is 0.341 e. The standard InChI is InChI=1S/C21H27N3O4S/c1-5-28-21(27)16-13(4)18(19(22)26)29-20(16)24-15(25)11-23-17(12(2)3)14-9-7-6-8-10-14/h6-10,12,17,23H,5,11H2,1-4H3,(H2,22,26)(H,24,25)/p+1/t17-/m0/s1. The van der Waals surface area contributed by atoms with E-state index < -0.39 is 11.9 Å². The minimum atomic E-state index is -0.644. The summed E-state index contributed by atoms with van der Waals surface area (Å²) in [4.78, 5) is 36.8. The highest BCUT2D eigenvalue weighted by molar-refractivity contribution is 7.18. The second-order valence-electron chi connectivity index (χ2n) is 7.01. The average molecular weight is 419 g/mol. The van der Waals surface area contributed by atoms with Crippen LogP contribution >= 0.6 is 11.3 Å². The van der Waals surface area contributed by atoms with Gasteiger partial charge >= 0.3 is 5.97 Å². The molecule has 1 aromatic heterocycles. The lowest BCUT2D eigenvalue weighted by Crippen LogP contribution is -2.88. The number of rotatable bonds is 9. The maximum absolute atomic E-state index is 12.6. The highest BCUT2D eigenvalue weighted by Crippen LogP contribution is 2.33. The number of carbonyl (C=O) groups is 3. The molecule has 2 aromatic rings. The number of nitrogens with two attached hydrogens (primary N) is 2. The molecule has 0 aliphatic carbocycles. The summed E-state index contributed by atoms with van der Waals surface area (Å²) in [5.74, 6) is -1.17. The molecule has 0 aliphatic rings. The highest BCUT2D eigenvalue weighted by Gasteiger charge is 2.26. The molecule has 1 heterocycles. The Morgan fingerprint density at radius 2 is 1.86 bits per heavy atom. The number of hydrogen-bond donors (Lipinski definition) is 3. The molecular formula is C21H28N3O4S+. The van der Waals surface area contributed by atoms with Crippen LogP contribution in [0.25, 0.3) is 0 Å². The van der Waals surface area contributed by atoms with Gasteiger partial charge in [-0.05, 0) is 19.4 Å². The zero-order chi connectivity index (χ0) is 21.6. The minimum Gasteiger partial charge on any atom is -0.462 e. The fourth-order valence-electron chi connectivity index (χ4n) is 3.17. The van der Waals surface area contributed by atoms with E-state index in [0.717, 1.165) is 16.9 Å². The van der Waals surface area contributed by atoms with E-state index in [9.17, 15) is 14.4 Å². The molecule has 5 N–H and O–H groups in total. The number of benzene rings is 1. The maximum atomic E-state index is 12.6. The predicted molar refractivity (Wildman–Crippen MR) is 113 cm³/mol. The Labute approximate surface area is 174 Å². The summed E-state index contributed by atoms with van der Waals surface area (Å²) >= 11 is 0.992. The zero-order valence-corrected chi connectivity index (χ0v) is 18.0. The van der Waals surface area contributed by atoms with Gasteiger partial charge in [-0.2, -0.15) is 0 Å². The SMILES string of the molecule is CCOC(=O)c1c(NC(=O)C[NH2+][C@H](c2ccccc2)C(C)C)sc(C(N)=O)c1C. The van der Waals surface area contributed by atoms with Crippen LogP contribution in [0, 0.1) is 12.8 Å². The van der Waals surface area contributed by atoms with Crippen LogP contribution in [-0.4, -0.2) is 30.9 Å². The van der Waals surface area contributed by atoms with Crippen molar-refractivity contribution < 1.29 is 24.4 Å². The van der Waals surface area contributed by atoms with Crippen LogP contribution in [0.5, 0.6) is 0 Å². The van der Waals surface area contributed by atoms with Crippen molar-refractivity contribution in [2.75, 3.05) is 18.5 Å². The van der Waals surface area contributed by atoms with Crippen LogP contribution in [0.15, 0.2) is 30.3 Å². The first-order chi connectivity index (χ1) is 13.8. The summed E-state index contributed by atoms with van der Waals surface area (Å²) < 4.78 is 5.07. The molecule has 0 radical (unpaired) electrons. The summed E-state index contributed by atoms with van der Waals surface area (Å²) in [5.41, 5.74) is 7.15. The molecule has 156 valence electrons. The molecule has 8 heteroatoms. The molecule has 1 aromatic carbocycles. The highest BCUT2D eigenvalue weighted by atomic mass is 32.1. The fourth-order valence-corrected chi connectivity index (χ4v) is 4.23. The third kappa shape index (κ3) is 5.65. The first kappa shape index (κ1) is 22.6. The molecule has 0 unspecified atom stereocenters. The zero-order valence-electron chi connectivity index (χ0n) is 17.2. The van der Waals surface area contributed by atoms with E-state index in [2.05, 4.69) is 19.2 Å². The van der Waals surface area contributed by atoms with Crippen molar-refractivity contribution in [2.24, 2.45) is 11.7 Å². The molecule has 1 atom stereocenters. The van der Waals surface area contributed by atoms with Gasteiger partial charge in [0.1, 0.15) is 11.0 Å². The Balaban J connectivity index is 2.16. The van der Waals surface area contributed by atoms with Crippen molar-refractivity contribution >= 4 is 34.1 Å². The number of anilines is 1. The van der Waals surface area contributed by atoms with E-state index >= 15 is 0 Å². The van der Waals surface area contributed by atoms with Gasteiger partial charge in [0, 0.05) is 11.5 Å². The Kier molecular flexibility index (Phi) is 7.92. The van der Waals surface area contributed by atoms with Crippen molar-refractivity contribution in [3.8, 4) is 0 Å². The van der Waals surface area contributed by atoms with E-state index in [1.807, 2.05) is 35.6 Å². The first-order valence-electron chi connectivity index (χ1n) is 9.54. The molecule has 2 amide bonds. The number of primary amides is 1. The van der Waals surface area contributed by atoms with E-state index in [-0.39, 0.29) is 40.5 Å². The third-order valence-electron chi connectivity index (χ3n) is 4.56. The Morgan fingerprint density at radius 1 is 1.21 bits per heavy atom. The van der Waals surface area contributed by atoms with Crippen LogP contribution in [0.4, 0.5) is 5.00 Å². The summed E-state index contributed by atoms with van der Waals surface area (Å²) in [7, 11) is 0. The van der Waals surface area contributed by atoms with Gasteiger partial charge in [-0.25, -0.2) is 4.79 Å². The van der Waals surface area contributed by atoms with Gasteiger partial charge in [-0.15, -0.1) is 11.3 Å². The summed E-state index contributed by atoms with van der Waals surface area (Å²) in [6, 6.07) is 10.1. The van der Waals surface area contributed by atoms with Gasteiger partial charge in [-0.1, -0.05) is 44.2 Å². The Hall–Kier alpha value is -2.71. The lowest BCUT2D eigenvalue weighted by molar-refractivity contribution is -0.692. The van der Waals surface area contributed by atoms with Crippen molar-refractivity contribution in [1.29, 1.82) is 0 Å². The van der Waals surface area contributed by atoms with Crippen LogP contribution in [0.3, 0.4) is 0 Å². The molecule has 0 saturated carbocycles. The van der Waals surface area contributed by atoms with Gasteiger partial charge < -0.3 is 21.1 Å². The van der Waals surface area contributed by atoms with Crippen LogP contribution < -0.4 is 16.4 Å². The van der Waals surface area contributed by atoms with Crippen molar-refractivity contribution in [3.05, 3.63) is 51.9 Å². The number of nitrogens with one attached hydrogen (secondary N) is 1. The number of carbonyl (C=O) groups excluding carboxylic acids is 3. The predicted octanol–water partition coefficient (Wildman–Crippen LogP) is 2.23. The van der Waals surface area contributed by atoms with Gasteiger partial charge in [0.2, 0.25) is 0 Å². The number of ether oxygens (including phenoxy) is 1. The largest absolute Gasteiger partial charge is 0.462 e. The second-order valence-corrected chi connectivity index (χ2v) is 8.03. The molecule has 0 bridgehead atoms. The molecule has 0 spiro atoms. The number of hydrogen-bond acceptors (Lipinski definition) is 5. The summed E-state index contributed by atoms with van der Waals surface area (Å²) in [6.07, 6.45) is 0. The average Bonchev–Trinajstić information content (AvgIpc) is 2.99. The first-order valence-corrected chi connectivity index (χ1v) is 10.4. The van der Waals surface area contributed by atoms with Gasteiger partial charge in [0.05, 0.1) is 17.0 Å². The van der Waals surface area contributed by atoms with E-state index in [1.54, 1.807) is 13.8 Å². The molecule has 0 fully saturated rings. The molecular weight excluding hydrogens is 390 g/mol. The summed E-state index contributed by atoms with van der Waals surface area (Å²) in [6.45, 7) is 7.88. The third-order valence-corrected chi connectivity index (χ3v) is 5.78. The molecule has 0 saturated heterocycles. The number of quaternary nitrogens is 1. The number of esters is 1. The molecule has 2 rings (SSSR count). The molecule has 7 nitrogen and oxygen atoms in total. The topological polar surface area (TPSA) is 115 Å². The lowest BCUT2D eigenvalue weighted by Gasteiger charge is -2.19. The number of thiophene rings is 1. The van der Waals surface area contributed by atoms with E-state index in [1.165, 1.54) is 0 Å². The second kappa shape index (κ2) is 10.2. The van der Waals surface area contributed by atoms with Crippen molar-refractivity contribution in [3.63, 3.8) is 0 Å². The van der Waals surface area contributed by atoms with Crippen molar-refractivity contribution in [2.45, 2.75) is 33.7 Å². The van der Waals surface area contributed by atoms with E-state index in [0.29, 0.717) is 11.5 Å². The van der Waals surface area contributed by atoms with Crippen LogP contribution in [0.1, 0.15) is 58.0 Å².